The highest BCUT2D eigenvalue weighted by atomic mass is 32.1. The van der Waals surface area contributed by atoms with Gasteiger partial charge in [-0.2, -0.15) is 13.2 Å². The van der Waals surface area contributed by atoms with Gasteiger partial charge in [0.2, 0.25) is 0 Å². The van der Waals surface area contributed by atoms with Crippen molar-refractivity contribution in [3.63, 3.8) is 0 Å². The molecule has 4 unspecified atom stereocenters. The van der Waals surface area contributed by atoms with Crippen molar-refractivity contribution in [1.82, 2.24) is 4.98 Å². The van der Waals surface area contributed by atoms with Crippen LogP contribution < -0.4 is 0 Å². The van der Waals surface area contributed by atoms with Crippen LogP contribution in [0.2, 0.25) is 0 Å². The molecule has 5 rings (SSSR count). The molecule has 2 aromatic heterocycles. The minimum atomic E-state index is -4.38. The van der Waals surface area contributed by atoms with Crippen LogP contribution in [0.15, 0.2) is 12.1 Å². The molecule has 0 amide bonds. The molecule has 1 spiro atoms. The number of nitrogens with zero attached hydrogens (tertiary/aromatic N) is 1. The Kier molecular flexibility index (Phi) is 5.32. The second-order valence-corrected chi connectivity index (χ2v) is 12.4. The average molecular weight is 480 g/mol. The summed E-state index contributed by atoms with van der Waals surface area (Å²) in [5, 5.41) is 11.3. The molecule has 0 aromatic carbocycles. The molecule has 3 heterocycles. The summed E-state index contributed by atoms with van der Waals surface area (Å²) >= 11 is 0.762. The van der Waals surface area contributed by atoms with Gasteiger partial charge in [-0.05, 0) is 67.1 Å². The lowest BCUT2D eigenvalue weighted by atomic mass is 9.69. The predicted molar refractivity (Wildman–Crippen MR) is 122 cm³/mol. The topological polar surface area (TPSA) is 42.4 Å². The third kappa shape index (κ3) is 3.57. The molecule has 2 aromatic rings. The minimum absolute atomic E-state index is 0.0649. The van der Waals surface area contributed by atoms with Crippen LogP contribution in [0.4, 0.5) is 13.2 Å². The Morgan fingerprint density at radius 3 is 2.52 bits per heavy atom. The van der Waals surface area contributed by atoms with E-state index in [0.29, 0.717) is 11.3 Å². The van der Waals surface area contributed by atoms with Gasteiger partial charge in [0.25, 0.3) is 0 Å². The maximum atomic E-state index is 13.4. The molecule has 0 bridgehead atoms. The van der Waals surface area contributed by atoms with Crippen LogP contribution in [-0.4, -0.2) is 10.1 Å². The first-order chi connectivity index (χ1) is 15.3. The number of alkyl halides is 3. The molecule has 2 aliphatic carbocycles. The van der Waals surface area contributed by atoms with E-state index in [2.05, 4.69) is 34.6 Å². The van der Waals surface area contributed by atoms with Gasteiger partial charge in [0.1, 0.15) is 11.0 Å². The van der Waals surface area contributed by atoms with Gasteiger partial charge in [-0.3, -0.25) is 4.98 Å². The number of rotatable bonds is 2. The van der Waals surface area contributed by atoms with Gasteiger partial charge in [0, 0.05) is 27.4 Å². The van der Waals surface area contributed by atoms with E-state index < -0.39 is 28.9 Å². The molecule has 3 aliphatic rings. The Hall–Kier alpha value is -1.44. The molecule has 0 saturated heterocycles. The van der Waals surface area contributed by atoms with Crippen molar-refractivity contribution in [2.45, 2.75) is 96.6 Å². The first-order valence-electron chi connectivity index (χ1n) is 11.9. The summed E-state index contributed by atoms with van der Waals surface area (Å²) in [5.74, 6) is 0.309. The zero-order valence-electron chi connectivity index (χ0n) is 19.8. The Bertz CT molecular complexity index is 1090. The van der Waals surface area contributed by atoms with Crippen LogP contribution in [0.25, 0.3) is 0 Å². The summed E-state index contributed by atoms with van der Waals surface area (Å²) in [7, 11) is 0. The number of pyridine rings is 1. The number of thiophene rings is 1. The summed E-state index contributed by atoms with van der Waals surface area (Å²) in [6.07, 6.45) is -1.37. The number of ether oxygens (including phenoxy) is 1. The maximum absolute atomic E-state index is 13.4. The number of aliphatic hydroxyl groups is 1. The van der Waals surface area contributed by atoms with E-state index >= 15 is 0 Å². The van der Waals surface area contributed by atoms with Crippen LogP contribution in [0.3, 0.4) is 0 Å². The summed E-state index contributed by atoms with van der Waals surface area (Å²) in [6, 6.07) is 2.72. The molecule has 1 N–H and O–H groups in total. The molecule has 7 heteroatoms. The second-order valence-electron chi connectivity index (χ2n) is 11.2. The highest BCUT2D eigenvalue weighted by molar-refractivity contribution is 7.12. The number of hydrogen-bond donors (Lipinski definition) is 1. The van der Waals surface area contributed by atoms with Gasteiger partial charge < -0.3 is 9.84 Å². The normalized spacial score (nSPS) is 30.8. The van der Waals surface area contributed by atoms with Crippen molar-refractivity contribution in [2.24, 2.45) is 11.3 Å². The standard InChI is InChI=1S/C26H32F3NO2S/c1-13(2)22-20-21(19-15(30-22)11-24(4,5)12-16(19)31)25(10-6-7-14(25)3)32-23(20)17-8-9-18(33-17)26(27,28)29/h8-9,13-14,16,23,31H,6-7,10-12H2,1-5H3. The van der Waals surface area contributed by atoms with Gasteiger partial charge in [-0.1, -0.05) is 34.6 Å². The number of fused-ring (bicyclic) bond motifs is 4. The fourth-order valence-corrected chi connectivity index (χ4v) is 7.28. The molecule has 1 saturated carbocycles. The van der Waals surface area contributed by atoms with E-state index in [1.807, 2.05) is 0 Å². The molecule has 33 heavy (non-hydrogen) atoms. The maximum Gasteiger partial charge on any atom is 0.425 e. The lowest BCUT2D eigenvalue weighted by molar-refractivity contribution is -0.134. The van der Waals surface area contributed by atoms with Gasteiger partial charge in [0.05, 0.1) is 11.7 Å². The third-order valence-electron chi connectivity index (χ3n) is 7.81. The molecule has 0 radical (unpaired) electrons. The van der Waals surface area contributed by atoms with Crippen LogP contribution in [-0.2, 0) is 22.9 Å². The zero-order chi connectivity index (χ0) is 23.9. The number of halogens is 3. The molecular formula is C26H32F3NO2S. The highest BCUT2D eigenvalue weighted by Gasteiger charge is 2.56. The SMILES string of the molecule is CC(C)c1nc2c(c3c1C(c1ccc(C(F)(F)F)s1)OC31CCCC1C)C(O)CC(C)(C)C2. The lowest BCUT2D eigenvalue weighted by Crippen LogP contribution is -2.34. The summed E-state index contributed by atoms with van der Waals surface area (Å²) in [5.41, 5.74) is 4.02. The summed E-state index contributed by atoms with van der Waals surface area (Å²) < 4.78 is 47.1. The predicted octanol–water partition coefficient (Wildman–Crippen LogP) is 7.43. The van der Waals surface area contributed by atoms with Gasteiger partial charge in [0.15, 0.2) is 0 Å². The highest BCUT2D eigenvalue weighted by Crippen LogP contribution is 2.62. The quantitative estimate of drug-likeness (QED) is 0.487. The Morgan fingerprint density at radius 1 is 1.21 bits per heavy atom. The third-order valence-corrected chi connectivity index (χ3v) is 8.99. The second kappa shape index (κ2) is 7.53. The van der Waals surface area contributed by atoms with Crippen molar-refractivity contribution >= 4 is 11.3 Å². The van der Waals surface area contributed by atoms with Crippen molar-refractivity contribution in [3.8, 4) is 0 Å². The molecule has 1 fully saturated rings. The van der Waals surface area contributed by atoms with E-state index in [1.165, 1.54) is 0 Å². The molecule has 4 atom stereocenters. The Morgan fingerprint density at radius 2 is 1.94 bits per heavy atom. The van der Waals surface area contributed by atoms with Crippen LogP contribution in [0.5, 0.6) is 0 Å². The first kappa shape index (κ1) is 23.3. The van der Waals surface area contributed by atoms with Crippen molar-refractivity contribution in [3.05, 3.63) is 50.0 Å². The van der Waals surface area contributed by atoms with E-state index in [-0.39, 0.29) is 17.3 Å². The summed E-state index contributed by atoms with van der Waals surface area (Å²) in [4.78, 5) is 5.04. The van der Waals surface area contributed by atoms with Gasteiger partial charge >= 0.3 is 6.18 Å². The first-order valence-corrected chi connectivity index (χ1v) is 12.8. The van der Waals surface area contributed by atoms with Crippen LogP contribution >= 0.6 is 11.3 Å². The van der Waals surface area contributed by atoms with Gasteiger partial charge in [-0.25, -0.2) is 0 Å². The largest absolute Gasteiger partial charge is 0.425 e. The molecule has 1 aliphatic heterocycles. The molecule has 3 nitrogen and oxygen atoms in total. The number of hydrogen-bond acceptors (Lipinski definition) is 4. The summed E-state index contributed by atoms with van der Waals surface area (Å²) in [6.45, 7) is 10.6. The van der Waals surface area contributed by atoms with Crippen molar-refractivity contribution < 1.29 is 23.0 Å². The number of aliphatic hydroxyl groups excluding tert-OH is 1. The zero-order valence-corrected chi connectivity index (χ0v) is 20.7. The minimum Gasteiger partial charge on any atom is -0.388 e. The van der Waals surface area contributed by atoms with E-state index in [1.54, 1.807) is 6.07 Å². The fraction of sp³-hybridized carbons (Fsp3) is 0.654. The van der Waals surface area contributed by atoms with Crippen LogP contribution in [0, 0.1) is 11.3 Å². The molecular weight excluding hydrogens is 447 g/mol. The smallest absolute Gasteiger partial charge is 0.388 e. The van der Waals surface area contributed by atoms with E-state index in [0.717, 1.165) is 71.2 Å². The fourth-order valence-electron chi connectivity index (χ4n) is 6.36. The molecule has 180 valence electrons. The monoisotopic (exact) mass is 479 g/mol. The average Bonchev–Trinajstić information content (AvgIpc) is 3.38. The Labute approximate surface area is 197 Å². The van der Waals surface area contributed by atoms with E-state index in [4.69, 9.17) is 9.72 Å². The Balaban J connectivity index is 1.78. The van der Waals surface area contributed by atoms with Crippen LogP contribution in [0.1, 0.15) is 116 Å². The van der Waals surface area contributed by atoms with Gasteiger partial charge in [-0.15, -0.1) is 11.3 Å². The van der Waals surface area contributed by atoms with E-state index in [9.17, 15) is 18.3 Å². The number of aromatic nitrogens is 1. The lowest BCUT2D eigenvalue weighted by Gasteiger charge is -2.39. The van der Waals surface area contributed by atoms with Crippen molar-refractivity contribution in [1.29, 1.82) is 0 Å². The van der Waals surface area contributed by atoms with Crippen molar-refractivity contribution in [2.75, 3.05) is 0 Å².